The molecule has 0 aromatic rings. The molecule has 0 aromatic carbocycles. The Morgan fingerprint density at radius 2 is 2.00 bits per heavy atom. The lowest BCUT2D eigenvalue weighted by atomic mass is 10.1. The first-order valence-corrected chi connectivity index (χ1v) is 5.54. The van der Waals surface area contributed by atoms with Crippen molar-refractivity contribution in [3.05, 3.63) is 58.7 Å². The predicted molar refractivity (Wildman–Crippen MR) is 68.8 cm³/mol. The third-order valence-electron chi connectivity index (χ3n) is 1.89. The van der Waals surface area contributed by atoms with Crippen LogP contribution in [-0.2, 0) is 0 Å². The van der Waals surface area contributed by atoms with E-state index < -0.39 is 0 Å². The van der Waals surface area contributed by atoms with Crippen molar-refractivity contribution in [3.63, 3.8) is 0 Å². The van der Waals surface area contributed by atoms with Crippen LogP contribution in [0.1, 0.15) is 12.8 Å². The molecular weight excluding hydrogens is 204 g/mol. The average molecular weight is 220 g/mol. The van der Waals surface area contributed by atoms with Gasteiger partial charge in [0.05, 0.1) is 0 Å². The molecule has 0 amide bonds. The Morgan fingerprint density at radius 1 is 1.27 bits per heavy atom. The second kappa shape index (κ2) is 5.51. The van der Waals surface area contributed by atoms with E-state index in [-0.39, 0.29) is 0 Å². The highest BCUT2D eigenvalue weighted by atomic mass is 32.2. The first-order valence-electron chi connectivity index (χ1n) is 4.72. The van der Waals surface area contributed by atoms with Crippen LogP contribution in [-0.4, -0.2) is 0 Å². The zero-order chi connectivity index (χ0) is 11.3. The first kappa shape index (κ1) is 11.7. The SMILES string of the molecule is C=C(N)/C=C\C(=C)SC1=CC=C(N)CC1. The Labute approximate surface area is 95.1 Å². The highest BCUT2D eigenvalue weighted by molar-refractivity contribution is 8.06. The molecule has 0 fully saturated rings. The Balaban J connectivity index is 2.49. The van der Waals surface area contributed by atoms with Crippen molar-refractivity contribution in [1.29, 1.82) is 0 Å². The molecule has 0 saturated carbocycles. The fraction of sp³-hybridized carbons (Fsp3) is 0.167. The quantitative estimate of drug-likeness (QED) is 0.716. The molecule has 0 aliphatic heterocycles. The number of hydrogen-bond acceptors (Lipinski definition) is 3. The number of hydrogen-bond donors (Lipinski definition) is 2. The second-order valence-corrected chi connectivity index (χ2v) is 4.60. The molecule has 4 N–H and O–H groups in total. The van der Waals surface area contributed by atoms with Crippen LogP contribution < -0.4 is 11.5 Å². The summed E-state index contributed by atoms with van der Waals surface area (Å²) in [7, 11) is 0. The smallest absolute Gasteiger partial charge is 0.0241 e. The van der Waals surface area contributed by atoms with E-state index in [1.165, 1.54) is 4.91 Å². The van der Waals surface area contributed by atoms with Gasteiger partial charge >= 0.3 is 0 Å². The molecule has 0 unspecified atom stereocenters. The largest absolute Gasteiger partial charge is 0.402 e. The zero-order valence-electron chi connectivity index (χ0n) is 8.70. The molecule has 2 nitrogen and oxygen atoms in total. The van der Waals surface area contributed by atoms with Gasteiger partial charge in [0.15, 0.2) is 0 Å². The van der Waals surface area contributed by atoms with Crippen LogP contribution >= 0.6 is 11.8 Å². The molecule has 0 radical (unpaired) electrons. The van der Waals surface area contributed by atoms with Gasteiger partial charge in [0.1, 0.15) is 0 Å². The number of nitrogens with two attached hydrogens (primary N) is 2. The maximum Gasteiger partial charge on any atom is 0.0241 e. The number of rotatable bonds is 4. The highest BCUT2D eigenvalue weighted by Crippen LogP contribution is 2.31. The Morgan fingerprint density at radius 3 is 2.53 bits per heavy atom. The van der Waals surface area contributed by atoms with E-state index in [4.69, 9.17) is 11.5 Å². The van der Waals surface area contributed by atoms with Gasteiger partial charge in [-0.2, -0.15) is 0 Å². The van der Waals surface area contributed by atoms with Crippen molar-refractivity contribution in [2.45, 2.75) is 12.8 Å². The summed E-state index contributed by atoms with van der Waals surface area (Å²) >= 11 is 1.65. The van der Waals surface area contributed by atoms with E-state index in [1.807, 2.05) is 18.2 Å². The number of allylic oxidation sites excluding steroid dienone is 6. The first-order chi connectivity index (χ1) is 7.08. The third kappa shape index (κ3) is 4.61. The molecule has 1 rings (SSSR count). The predicted octanol–water partition coefficient (Wildman–Crippen LogP) is 2.78. The summed E-state index contributed by atoms with van der Waals surface area (Å²) in [6, 6.07) is 0. The molecule has 0 saturated heterocycles. The van der Waals surface area contributed by atoms with Crippen LogP contribution in [0.3, 0.4) is 0 Å². The maximum atomic E-state index is 5.67. The molecule has 3 heteroatoms. The van der Waals surface area contributed by atoms with Crippen molar-refractivity contribution in [3.8, 4) is 0 Å². The molecule has 0 aromatic heterocycles. The summed E-state index contributed by atoms with van der Waals surface area (Å²) in [5.41, 5.74) is 12.6. The van der Waals surface area contributed by atoms with E-state index in [0.717, 1.165) is 23.4 Å². The Kier molecular flexibility index (Phi) is 4.31. The number of thioether (sulfide) groups is 1. The standard InChI is InChI=1S/C12H16N2S/c1-9(13)3-4-10(2)15-12-7-5-11(14)6-8-12/h3-5,7H,1-2,6,8,13-14H2/b4-3-. The molecular formula is C12H16N2S. The van der Waals surface area contributed by atoms with Gasteiger partial charge in [0.25, 0.3) is 0 Å². The van der Waals surface area contributed by atoms with E-state index >= 15 is 0 Å². The summed E-state index contributed by atoms with van der Waals surface area (Å²) in [6.07, 6.45) is 9.53. The van der Waals surface area contributed by atoms with Crippen LogP contribution in [0, 0.1) is 0 Å². The van der Waals surface area contributed by atoms with Crippen molar-refractivity contribution in [2.24, 2.45) is 11.5 Å². The minimum absolute atomic E-state index is 0.540. The molecule has 0 spiro atoms. The van der Waals surface area contributed by atoms with Gasteiger partial charge in [-0.3, -0.25) is 0 Å². The van der Waals surface area contributed by atoms with Gasteiger partial charge < -0.3 is 11.5 Å². The van der Waals surface area contributed by atoms with Crippen LogP contribution in [0.25, 0.3) is 0 Å². The van der Waals surface area contributed by atoms with Gasteiger partial charge in [-0.05, 0) is 36.0 Å². The topological polar surface area (TPSA) is 52.0 Å². The second-order valence-electron chi connectivity index (χ2n) is 3.35. The molecule has 0 bridgehead atoms. The highest BCUT2D eigenvalue weighted by Gasteiger charge is 2.04. The van der Waals surface area contributed by atoms with Gasteiger partial charge in [0.2, 0.25) is 0 Å². The summed E-state index contributed by atoms with van der Waals surface area (Å²) < 4.78 is 0. The molecule has 1 aliphatic rings. The summed E-state index contributed by atoms with van der Waals surface area (Å²) in [5, 5.41) is 0. The Bertz CT molecular complexity index is 362. The molecule has 15 heavy (non-hydrogen) atoms. The van der Waals surface area contributed by atoms with Crippen LogP contribution in [0.4, 0.5) is 0 Å². The van der Waals surface area contributed by atoms with Crippen molar-refractivity contribution >= 4 is 11.8 Å². The zero-order valence-corrected chi connectivity index (χ0v) is 9.52. The maximum absolute atomic E-state index is 5.67. The lowest BCUT2D eigenvalue weighted by Gasteiger charge is -2.11. The van der Waals surface area contributed by atoms with Crippen LogP contribution in [0.2, 0.25) is 0 Å². The fourth-order valence-electron chi connectivity index (χ4n) is 1.12. The summed E-state index contributed by atoms with van der Waals surface area (Å²) in [6.45, 7) is 7.51. The summed E-state index contributed by atoms with van der Waals surface area (Å²) in [5.74, 6) is 0. The van der Waals surface area contributed by atoms with Crippen molar-refractivity contribution in [2.75, 3.05) is 0 Å². The van der Waals surface area contributed by atoms with Gasteiger partial charge in [-0.1, -0.05) is 31.0 Å². The minimum atomic E-state index is 0.540. The third-order valence-corrected chi connectivity index (χ3v) is 2.89. The van der Waals surface area contributed by atoms with Gasteiger partial charge in [-0.25, -0.2) is 0 Å². The molecule has 1 aliphatic carbocycles. The van der Waals surface area contributed by atoms with E-state index in [1.54, 1.807) is 17.8 Å². The van der Waals surface area contributed by atoms with Crippen molar-refractivity contribution in [1.82, 2.24) is 0 Å². The molecule has 0 atom stereocenters. The van der Waals surface area contributed by atoms with Gasteiger partial charge in [0, 0.05) is 16.3 Å². The minimum Gasteiger partial charge on any atom is -0.402 e. The van der Waals surface area contributed by atoms with Crippen molar-refractivity contribution < 1.29 is 0 Å². The molecule has 80 valence electrons. The Hall–Kier alpha value is -1.35. The van der Waals surface area contributed by atoms with E-state index in [2.05, 4.69) is 13.2 Å². The fourth-order valence-corrected chi connectivity index (χ4v) is 1.93. The van der Waals surface area contributed by atoms with Crippen LogP contribution in [0.5, 0.6) is 0 Å². The van der Waals surface area contributed by atoms with E-state index in [0.29, 0.717) is 5.70 Å². The lowest BCUT2D eigenvalue weighted by Crippen LogP contribution is -2.00. The normalized spacial score (nSPS) is 16.0. The van der Waals surface area contributed by atoms with Crippen LogP contribution in [0.15, 0.2) is 58.7 Å². The summed E-state index contributed by atoms with van der Waals surface area (Å²) in [4.78, 5) is 2.24. The molecule has 0 heterocycles. The lowest BCUT2D eigenvalue weighted by molar-refractivity contribution is 0.933. The monoisotopic (exact) mass is 220 g/mol. The van der Waals surface area contributed by atoms with Gasteiger partial charge in [-0.15, -0.1) is 0 Å². The average Bonchev–Trinajstić information content (AvgIpc) is 2.19. The van der Waals surface area contributed by atoms with E-state index in [9.17, 15) is 0 Å².